The van der Waals surface area contributed by atoms with Gasteiger partial charge in [-0.2, -0.15) is 0 Å². The van der Waals surface area contributed by atoms with Crippen molar-refractivity contribution in [2.45, 2.75) is 13.8 Å². The van der Waals surface area contributed by atoms with E-state index in [4.69, 9.17) is 5.11 Å². The molecule has 3 aromatic rings. The van der Waals surface area contributed by atoms with Gasteiger partial charge in [0.15, 0.2) is 0 Å². The van der Waals surface area contributed by atoms with Crippen molar-refractivity contribution in [1.29, 1.82) is 0 Å². The molecule has 0 saturated heterocycles. The lowest BCUT2D eigenvalue weighted by molar-refractivity contribution is 0.0697. The van der Waals surface area contributed by atoms with Gasteiger partial charge in [0, 0.05) is 5.69 Å². The van der Waals surface area contributed by atoms with Crippen molar-refractivity contribution < 1.29 is 9.90 Å². The molecule has 0 bridgehead atoms. The van der Waals surface area contributed by atoms with E-state index in [0.717, 1.165) is 16.7 Å². The predicted octanol–water partition coefficient (Wildman–Crippen LogP) is 3.34. The van der Waals surface area contributed by atoms with Crippen molar-refractivity contribution in [2.75, 3.05) is 0 Å². The molecular formula is C16H14N2O2. The van der Waals surface area contributed by atoms with Crippen molar-refractivity contribution in [3.8, 4) is 5.69 Å². The van der Waals surface area contributed by atoms with Gasteiger partial charge < -0.3 is 5.11 Å². The topological polar surface area (TPSA) is 55.1 Å². The van der Waals surface area contributed by atoms with Crippen molar-refractivity contribution in [3.05, 3.63) is 59.4 Å². The van der Waals surface area contributed by atoms with E-state index >= 15 is 0 Å². The lowest BCUT2D eigenvalue weighted by Gasteiger charge is -2.07. The van der Waals surface area contributed by atoms with E-state index in [1.54, 1.807) is 24.5 Å². The Morgan fingerprint density at radius 1 is 1.10 bits per heavy atom. The number of aromatic nitrogens is 2. The maximum Gasteiger partial charge on any atom is 0.335 e. The van der Waals surface area contributed by atoms with E-state index in [1.165, 1.54) is 11.1 Å². The van der Waals surface area contributed by atoms with E-state index in [2.05, 4.69) is 31.0 Å². The number of benzene rings is 2. The number of fused-ring (bicyclic) bond motifs is 1. The zero-order valence-electron chi connectivity index (χ0n) is 11.3. The summed E-state index contributed by atoms with van der Waals surface area (Å²) in [6.07, 6.45) is 1.72. The van der Waals surface area contributed by atoms with Crippen molar-refractivity contribution in [2.24, 2.45) is 0 Å². The third-order valence-corrected chi connectivity index (χ3v) is 3.56. The minimum Gasteiger partial charge on any atom is -0.478 e. The SMILES string of the molecule is Cc1ccc(-n2cnc3ccc(C(=O)O)cc32)cc1C. The second-order valence-corrected chi connectivity index (χ2v) is 4.89. The number of hydrogen-bond donors (Lipinski definition) is 1. The Balaban J connectivity index is 2.22. The summed E-state index contributed by atoms with van der Waals surface area (Å²) >= 11 is 0. The number of imidazole rings is 1. The van der Waals surface area contributed by atoms with Crippen LogP contribution in [0.4, 0.5) is 0 Å². The molecule has 0 aliphatic carbocycles. The van der Waals surface area contributed by atoms with E-state index in [1.807, 2.05) is 10.6 Å². The zero-order valence-corrected chi connectivity index (χ0v) is 11.3. The monoisotopic (exact) mass is 266 g/mol. The van der Waals surface area contributed by atoms with E-state index < -0.39 is 5.97 Å². The minimum atomic E-state index is -0.931. The van der Waals surface area contributed by atoms with Crippen LogP contribution < -0.4 is 0 Å². The second-order valence-electron chi connectivity index (χ2n) is 4.89. The maximum absolute atomic E-state index is 11.1. The summed E-state index contributed by atoms with van der Waals surface area (Å²) < 4.78 is 1.91. The van der Waals surface area contributed by atoms with E-state index in [9.17, 15) is 4.79 Å². The van der Waals surface area contributed by atoms with Gasteiger partial charge in [0.05, 0.1) is 16.6 Å². The molecule has 4 nitrogen and oxygen atoms in total. The van der Waals surface area contributed by atoms with Gasteiger partial charge >= 0.3 is 5.97 Å². The van der Waals surface area contributed by atoms with Crippen LogP contribution in [0.5, 0.6) is 0 Å². The van der Waals surface area contributed by atoms with Crippen LogP contribution in [-0.4, -0.2) is 20.6 Å². The van der Waals surface area contributed by atoms with Gasteiger partial charge in [-0.05, 0) is 55.3 Å². The van der Waals surface area contributed by atoms with Crippen LogP contribution in [-0.2, 0) is 0 Å². The highest BCUT2D eigenvalue weighted by atomic mass is 16.4. The number of aromatic carboxylic acids is 1. The van der Waals surface area contributed by atoms with Crippen LogP contribution in [0.1, 0.15) is 21.5 Å². The molecule has 0 atom stereocenters. The first-order valence-corrected chi connectivity index (χ1v) is 6.34. The summed E-state index contributed by atoms with van der Waals surface area (Å²) in [4.78, 5) is 15.4. The van der Waals surface area contributed by atoms with Gasteiger partial charge in [0.25, 0.3) is 0 Å². The van der Waals surface area contributed by atoms with Gasteiger partial charge in [0.2, 0.25) is 0 Å². The van der Waals surface area contributed by atoms with Crippen LogP contribution >= 0.6 is 0 Å². The molecule has 1 heterocycles. The Labute approximate surface area is 116 Å². The molecule has 1 N–H and O–H groups in total. The highest BCUT2D eigenvalue weighted by Crippen LogP contribution is 2.21. The third-order valence-electron chi connectivity index (χ3n) is 3.56. The molecule has 20 heavy (non-hydrogen) atoms. The Hall–Kier alpha value is -2.62. The molecule has 0 amide bonds. The molecule has 100 valence electrons. The van der Waals surface area contributed by atoms with Gasteiger partial charge in [-0.1, -0.05) is 6.07 Å². The normalized spacial score (nSPS) is 10.9. The third kappa shape index (κ3) is 1.95. The minimum absolute atomic E-state index is 0.267. The summed E-state index contributed by atoms with van der Waals surface area (Å²) in [6, 6.07) is 11.1. The summed E-state index contributed by atoms with van der Waals surface area (Å²) in [5.41, 5.74) is 5.26. The first-order valence-electron chi connectivity index (χ1n) is 6.34. The molecular weight excluding hydrogens is 252 g/mol. The average Bonchev–Trinajstić information content (AvgIpc) is 2.84. The van der Waals surface area contributed by atoms with Crippen LogP contribution in [0.3, 0.4) is 0 Å². The fourth-order valence-corrected chi connectivity index (χ4v) is 2.22. The van der Waals surface area contributed by atoms with Gasteiger partial charge in [0.1, 0.15) is 6.33 Å². The highest BCUT2D eigenvalue weighted by molar-refractivity contribution is 5.92. The zero-order chi connectivity index (χ0) is 14.3. The van der Waals surface area contributed by atoms with Gasteiger partial charge in [-0.15, -0.1) is 0 Å². The Morgan fingerprint density at radius 3 is 2.60 bits per heavy atom. The average molecular weight is 266 g/mol. The highest BCUT2D eigenvalue weighted by Gasteiger charge is 2.09. The molecule has 0 aliphatic rings. The van der Waals surface area contributed by atoms with Crippen LogP contribution in [0.25, 0.3) is 16.7 Å². The van der Waals surface area contributed by atoms with Crippen LogP contribution in [0, 0.1) is 13.8 Å². The fourth-order valence-electron chi connectivity index (χ4n) is 2.22. The summed E-state index contributed by atoms with van der Waals surface area (Å²) in [7, 11) is 0. The first-order chi connectivity index (χ1) is 9.56. The Bertz CT molecular complexity index is 818. The Kier molecular flexibility index (Phi) is 2.79. The standard InChI is InChI=1S/C16H14N2O2/c1-10-3-5-13(7-11(10)2)18-9-17-14-6-4-12(16(19)20)8-15(14)18/h3-9H,1-2H3,(H,19,20). The Morgan fingerprint density at radius 2 is 1.90 bits per heavy atom. The number of aryl methyl sites for hydroxylation is 2. The van der Waals surface area contributed by atoms with Crippen molar-refractivity contribution in [1.82, 2.24) is 9.55 Å². The van der Waals surface area contributed by atoms with Crippen molar-refractivity contribution >= 4 is 17.0 Å². The van der Waals surface area contributed by atoms with Gasteiger partial charge in [-0.3, -0.25) is 4.57 Å². The number of hydrogen-bond acceptors (Lipinski definition) is 2. The molecule has 4 heteroatoms. The molecule has 0 aliphatic heterocycles. The molecule has 3 rings (SSSR count). The molecule has 0 radical (unpaired) electrons. The predicted molar refractivity (Wildman–Crippen MR) is 77.5 cm³/mol. The summed E-state index contributed by atoms with van der Waals surface area (Å²) in [6.45, 7) is 4.12. The molecule has 0 unspecified atom stereocenters. The number of carbonyl (C=O) groups is 1. The fraction of sp³-hybridized carbons (Fsp3) is 0.125. The number of nitrogens with zero attached hydrogens (tertiary/aromatic N) is 2. The lowest BCUT2D eigenvalue weighted by Crippen LogP contribution is -1.98. The van der Waals surface area contributed by atoms with Crippen LogP contribution in [0.15, 0.2) is 42.7 Å². The molecule has 0 fully saturated rings. The molecule has 1 aromatic heterocycles. The maximum atomic E-state index is 11.1. The quantitative estimate of drug-likeness (QED) is 0.774. The second kappa shape index (κ2) is 4.49. The van der Waals surface area contributed by atoms with Gasteiger partial charge in [-0.25, -0.2) is 9.78 Å². The molecule has 2 aromatic carbocycles. The van der Waals surface area contributed by atoms with Crippen LogP contribution in [0.2, 0.25) is 0 Å². The molecule has 0 spiro atoms. The summed E-state index contributed by atoms with van der Waals surface area (Å²) in [5.74, 6) is -0.931. The number of carboxylic acid groups (broad SMARTS) is 1. The largest absolute Gasteiger partial charge is 0.478 e. The molecule has 0 saturated carbocycles. The smallest absolute Gasteiger partial charge is 0.335 e. The first kappa shape index (κ1) is 12.4. The lowest BCUT2D eigenvalue weighted by atomic mass is 10.1. The van der Waals surface area contributed by atoms with E-state index in [0.29, 0.717) is 0 Å². The van der Waals surface area contributed by atoms with E-state index in [-0.39, 0.29) is 5.56 Å². The van der Waals surface area contributed by atoms with Crippen molar-refractivity contribution in [3.63, 3.8) is 0 Å². The number of carboxylic acids is 1. The number of rotatable bonds is 2. The summed E-state index contributed by atoms with van der Waals surface area (Å²) in [5, 5.41) is 9.09.